The van der Waals surface area contributed by atoms with Crippen LogP contribution in [0.25, 0.3) is 10.1 Å². The van der Waals surface area contributed by atoms with Crippen LogP contribution in [0, 0.1) is 13.8 Å². The van der Waals surface area contributed by atoms with E-state index in [0.717, 1.165) is 17.8 Å². The van der Waals surface area contributed by atoms with Crippen LogP contribution in [-0.2, 0) is 13.5 Å². The van der Waals surface area contributed by atoms with Crippen LogP contribution >= 0.6 is 11.3 Å². The van der Waals surface area contributed by atoms with Crippen LogP contribution in [-0.4, -0.2) is 21.7 Å². The number of thiophene rings is 1. The van der Waals surface area contributed by atoms with Crippen molar-refractivity contribution < 1.29 is 4.79 Å². The van der Waals surface area contributed by atoms with Crippen molar-refractivity contribution in [3.05, 3.63) is 52.2 Å². The largest absolute Gasteiger partial charge is 0.349 e. The van der Waals surface area contributed by atoms with Gasteiger partial charge in [0, 0.05) is 23.5 Å². The van der Waals surface area contributed by atoms with Gasteiger partial charge >= 0.3 is 0 Å². The van der Waals surface area contributed by atoms with Crippen molar-refractivity contribution in [1.82, 2.24) is 15.1 Å². The van der Waals surface area contributed by atoms with Gasteiger partial charge in [-0.1, -0.05) is 18.2 Å². The third-order valence-corrected chi connectivity index (χ3v) is 5.21. The van der Waals surface area contributed by atoms with E-state index >= 15 is 0 Å². The third-order valence-electron chi connectivity index (χ3n) is 4.20. The Morgan fingerprint density at radius 3 is 2.78 bits per heavy atom. The highest BCUT2D eigenvalue weighted by molar-refractivity contribution is 7.17. The van der Waals surface area contributed by atoms with E-state index in [9.17, 15) is 4.79 Å². The molecular formula is C18H21N3OS. The van der Waals surface area contributed by atoms with Crippen molar-refractivity contribution >= 4 is 27.3 Å². The van der Waals surface area contributed by atoms with Gasteiger partial charge in [-0.25, -0.2) is 0 Å². The van der Waals surface area contributed by atoms with Crippen molar-refractivity contribution in [2.45, 2.75) is 33.2 Å². The first-order valence-electron chi connectivity index (χ1n) is 7.73. The number of nitrogens with zero attached hydrogens (tertiary/aromatic N) is 2. The maximum absolute atomic E-state index is 12.5. The van der Waals surface area contributed by atoms with E-state index in [2.05, 4.69) is 40.1 Å². The fraction of sp³-hybridized carbons (Fsp3) is 0.333. The fourth-order valence-corrected chi connectivity index (χ4v) is 3.95. The molecule has 4 nitrogen and oxygen atoms in total. The number of carbonyl (C=O) groups is 1. The molecule has 1 aromatic carbocycles. The molecule has 0 aliphatic rings. The van der Waals surface area contributed by atoms with Gasteiger partial charge in [0.15, 0.2) is 0 Å². The van der Waals surface area contributed by atoms with E-state index in [1.54, 1.807) is 16.0 Å². The molecule has 0 saturated carbocycles. The molecule has 0 aliphatic carbocycles. The molecule has 5 heteroatoms. The molecule has 0 aliphatic heterocycles. The Morgan fingerprint density at radius 2 is 2.09 bits per heavy atom. The standard InChI is InChI=1S/C18H21N3OS/c1-11(9-14-10-23-16-8-6-5-7-15(14)16)19-18(22)17-12(2)20-21(4)13(17)3/h5-8,10-11H,9H2,1-4H3,(H,19,22)/t11-/m0/s1. The Bertz CT molecular complexity index is 862. The lowest BCUT2D eigenvalue weighted by Gasteiger charge is -2.14. The Labute approximate surface area is 140 Å². The minimum atomic E-state index is -0.0415. The molecule has 23 heavy (non-hydrogen) atoms. The number of hydrogen-bond donors (Lipinski definition) is 1. The minimum Gasteiger partial charge on any atom is -0.349 e. The summed E-state index contributed by atoms with van der Waals surface area (Å²) in [6.07, 6.45) is 0.827. The first-order valence-corrected chi connectivity index (χ1v) is 8.61. The summed E-state index contributed by atoms with van der Waals surface area (Å²) in [5.41, 5.74) is 3.65. The number of benzene rings is 1. The summed E-state index contributed by atoms with van der Waals surface area (Å²) in [6.45, 7) is 5.84. The summed E-state index contributed by atoms with van der Waals surface area (Å²) in [5.74, 6) is -0.0415. The van der Waals surface area contributed by atoms with Crippen molar-refractivity contribution in [3.8, 4) is 0 Å². The average molecular weight is 327 g/mol. The normalized spacial score (nSPS) is 12.5. The highest BCUT2D eigenvalue weighted by Gasteiger charge is 2.19. The Kier molecular flexibility index (Phi) is 4.22. The monoisotopic (exact) mass is 327 g/mol. The number of amides is 1. The van der Waals surface area contributed by atoms with Crippen LogP contribution in [0.4, 0.5) is 0 Å². The van der Waals surface area contributed by atoms with Gasteiger partial charge in [-0.3, -0.25) is 9.48 Å². The number of carbonyl (C=O) groups excluding carboxylic acids is 1. The van der Waals surface area contributed by atoms with Gasteiger partial charge < -0.3 is 5.32 Å². The maximum Gasteiger partial charge on any atom is 0.255 e. The molecule has 120 valence electrons. The van der Waals surface area contributed by atoms with E-state index in [0.29, 0.717) is 5.56 Å². The zero-order valence-corrected chi connectivity index (χ0v) is 14.7. The summed E-state index contributed by atoms with van der Waals surface area (Å²) >= 11 is 1.75. The van der Waals surface area contributed by atoms with Crippen LogP contribution < -0.4 is 5.32 Å². The van der Waals surface area contributed by atoms with E-state index in [4.69, 9.17) is 0 Å². The molecule has 0 unspecified atom stereocenters. The molecule has 0 spiro atoms. The van der Waals surface area contributed by atoms with Crippen LogP contribution in [0.15, 0.2) is 29.6 Å². The van der Waals surface area contributed by atoms with E-state index in [1.165, 1.54) is 15.6 Å². The lowest BCUT2D eigenvalue weighted by molar-refractivity contribution is 0.0939. The number of nitrogens with one attached hydrogen (secondary N) is 1. The molecule has 1 N–H and O–H groups in total. The quantitative estimate of drug-likeness (QED) is 0.795. The van der Waals surface area contributed by atoms with Gasteiger partial charge in [0.1, 0.15) is 0 Å². The SMILES string of the molecule is Cc1nn(C)c(C)c1C(=O)N[C@@H](C)Cc1csc2ccccc12. The van der Waals surface area contributed by atoms with Crippen molar-refractivity contribution in [2.75, 3.05) is 0 Å². The molecule has 1 amide bonds. The molecule has 0 bridgehead atoms. The number of aromatic nitrogens is 2. The molecule has 2 heterocycles. The lowest BCUT2D eigenvalue weighted by atomic mass is 10.1. The molecule has 1 atom stereocenters. The highest BCUT2D eigenvalue weighted by Crippen LogP contribution is 2.26. The first-order chi connectivity index (χ1) is 11.0. The molecule has 0 saturated heterocycles. The molecule has 2 aromatic heterocycles. The number of hydrogen-bond acceptors (Lipinski definition) is 3. The minimum absolute atomic E-state index is 0.0415. The highest BCUT2D eigenvalue weighted by atomic mass is 32.1. The van der Waals surface area contributed by atoms with Crippen LogP contribution in [0.5, 0.6) is 0 Å². The van der Waals surface area contributed by atoms with Crippen molar-refractivity contribution in [2.24, 2.45) is 7.05 Å². The van der Waals surface area contributed by atoms with E-state index in [-0.39, 0.29) is 11.9 Å². The fourth-order valence-electron chi connectivity index (χ4n) is 2.97. The van der Waals surface area contributed by atoms with Gasteiger partial charge in [-0.15, -0.1) is 11.3 Å². The summed E-state index contributed by atoms with van der Waals surface area (Å²) in [4.78, 5) is 12.5. The van der Waals surface area contributed by atoms with Crippen LogP contribution in [0.2, 0.25) is 0 Å². The van der Waals surface area contributed by atoms with Crippen molar-refractivity contribution in [1.29, 1.82) is 0 Å². The van der Waals surface area contributed by atoms with Gasteiger partial charge in [-0.05, 0) is 49.6 Å². The zero-order valence-electron chi connectivity index (χ0n) is 13.9. The molecule has 3 rings (SSSR count). The number of rotatable bonds is 4. The van der Waals surface area contributed by atoms with E-state index < -0.39 is 0 Å². The van der Waals surface area contributed by atoms with Gasteiger partial charge in [0.25, 0.3) is 5.91 Å². The van der Waals surface area contributed by atoms with Crippen molar-refractivity contribution in [3.63, 3.8) is 0 Å². The van der Waals surface area contributed by atoms with Crippen LogP contribution in [0.1, 0.15) is 34.2 Å². The second kappa shape index (κ2) is 6.16. The van der Waals surface area contributed by atoms with Crippen LogP contribution in [0.3, 0.4) is 0 Å². The predicted molar refractivity (Wildman–Crippen MR) is 95.1 cm³/mol. The summed E-state index contributed by atoms with van der Waals surface area (Å²) in [6, 6.07) is 8.46. The Balaban J connectivity index is 1.74. The van der Waals surface area contributed by atoms with Gasteiger partial charge in [-0.2, -0.15) is 5.10 Å². The summed E-state index contributed by atoms with van der Waals surface area (Å²) < 4.78 is 3.04. The average Bonchev–Trinajstić information content (AvgIpc) is 3.01. The van der Waals surface area contributed by atoms with Gasteiger partial charge in [0.05, 0.1) is 11.3 Å². The molecular weight excluding hydrogens is 306 g/mol. The number of fused-ring (bicyclic) bond motifs is 1. The third kappa shape index (κ3) is 3.01. The smallest absolute Gasteiger partial charge is 0.255 e. The Hall–Kier alpha value is -2.14. The maximum atomic E-state index is 12.5. The summed E-state index contributed by atoms with van der Waals surface area (Å²) in [7, 11) is 1.86. The zero-order chi connectivity index (χ0) is 16.6. The predicted octanol–water partition coefficient (Wildman–Crippen LogP) is 3.61. The van der Waals surface area contributed by atoms with E-state index in [1.807, 2.05) is 27.8 Å². The topological polar surface area (TPSA) is 46.9 Å². The number of aryl methyl sites for hydroxylation is 2. The summed E-state index contributed by atoms with van der Waals surface area (Å²) in [5, 5.41) is 10.9. The Morgan fingerprint density at radius 1 is 1.35 bits per heavy atom. The molecule has 0 radical (unpaired) electrons. The first kappa shape index (κ1) is 15.7. The second-order valence-corrected chi connectivity index (χ2v) is 6.92. The van der Waals surface area contributed by atoms with Gasteiger partial charge in [0.2, 0.25) is 0 Å². The molecule has 0 fully saturated rings. The molecule has 3 aromatic rings. The lowest BCUT2D eigenvalue weighted by Crippen LogP contribution is -2.34. The second-order valence-electron chi connectivity index (χ2n) is 6.01.